The zero-order valence-electron chi connectivity index (χ0n) is 7.75. The summed E-state index contributed by atoms with van der Waals surface area (Å²) in [6.45, 7) is 2.01. The molecule has 1 N–H and O–H groups in total. The van der Waals surface area contributed by atoms with Crippen molar-refractivity contribution in [3.8, 4) is 0 Å². The molecule has 1 unspecified atom stereocenters. The summed E-state index contributed by atoms with van der Waals surface area (Å²) in [7, 11) is 0. The molecule has 0 aliphatic heterocycles. The van der Waals surface area contributed by atoms with E-state index in [0.29, 0.717) is 6.42 Å². The third kappa shape index (κ3) is 5.80. The standard InChI is InChI=1S/C9H15BrO3/c1-2-3-4-7(9(12)13)5-8(11)6-10/h7H,2-6H2,1H3,(H,12,13). The van der Waals surface area contributed by atoms with E-state index in [1.54, 1.807) is 0 Å². The predicted molar refractivity (Wildman–Crippen MR) is 54.1 cm³/mol. The second-order valence-corrected chi connectivity index (χ2v) is 3.61. The van der Waals surface area contributed by atoms with Crippen molar-refractivity contribution in [1.29, 1.82) is 0 Å². The number of aliphatic carboxylic acids is 1. The molecular weight excluding hydrogens is 236 g/mol. The highest BCUT2D eigenvalue weighted by atomic mass is 79.9. The fourth-order valence-electron chi connectivity index (χ4n) is 1.09. The van der Waals surface area contributed by atoms with E-state index in [1.807, 2.05) is 6.92 Å². The van der Waals surface area contributed by atoms with Crippen LogP contribution in [0.1, 0.15) is 32.6 Å². The average Bonchev–Trinajstić information content (AvgIpc) is 2.11. The average molecular weight is 251 g/mol. The Labute approximate surface area is 86.6 Å². The molecule has 0 spiro atoms. The minimum Gasteiger partial charge on any atom is -0.481 e. The molecule has 0 aromatic heterocycles. The quantitative estimate of drug-likeness (QED) is 0.706. The van der Waals surface area contributed by atoms with Gasteiger partial charge in [0.1, 0.15) is 5.78 Å². The van der Waals surface area contributed by atoms with Gasteiger partial charge in [0.05, 0.1) is 11.2 Å². The zero-order valence-corrected chi connectivity index (χ0v) is 9.34. The predicted octanol–water partition coefficient (Wildman–Crippen LogP) is 2.23. The van der Waals surface area contributed by atoms with Gasteiger partial charge in [0.25, 0.3) is 0 Å². The van der Waals surface area contributed by atoms with Crippen LogP contribution in [0.25, 0.3) is 0 Å². The molecule has 0 aliphatic carbocycles. The maximum atomic E-state index is 11.0. The number of ketones is 1. The minimum absolute atomic E-state index is 0.0384. The van der Waals surface area contributed by atoms with Gasteiger partial charge in [0, 0.05) is 6.42 Å². The molecule has 13 heavy (non-hydrogen) atoms. The number of halogens is 1. The summed E-state index contributed by atoms with van der Waals surface area (Å²) >= 11 is 3.02. The van der Waals surface area contributed by atoms with Crippen LogP contribution in [0.2, 0.25) is 0 Å². The van der Waals surface area contributed by atoms with Gasteiger partial charge in [-0.3, -0.25) is 9.59 Å². The maximum Gasteiger partial charge on any atom is 0.306 e. The first kappa shape index (κ1) is 12.6. The van der Waals surface area contributed by atoms with E-state index in [4.69, 9.17) is 5.11 Å². The molecule has 0 saturated carbocycles. The largest absolute Gasteiger partial charge is 0.481 e. The van der Waals surface area contributed by atoms with E-state index < -0.39 is 11.9 Å². The number of Topliss-reactive ketones (excluding diaryl/α,β-unsaturated/α-hetero) is 1. The highest BCUT2D eigenvalue weighted by Crippen LogP contribution is 2.14. The van der Waals surface area contributed by atoms with E-state index in [2.05, 4.69) is 15.9 Å². The topological polar surface area (TPSA) is 54.4 Å². The van der Waals surface area contributed by atoms with E-state index in [0.717, 1.165) is 12.8 Å². The molecule has 3 nitrogen and oxygen atoms in total. The van der Waals surface area contributed by atoms with E-state index in [-0.39, 0.29) is 17.5 Å². The number of unbranched alkanes of at least 4 members (excludes halogenated alkanes) is 1. The normalized spacial score (nSPS) is 12.5. The number of hydrogen-bond acceptors (Lipinski definition) is 2. The number of carboxylic acid groups (broad SMARTS) is 1. The number of alkyl halides is 1. The van der Waals surface area contributed by atoms with Crippen LogP contribution >= 0.6 is 15.9 Å². The highest BCUT2D eigenvalue weighted by molar-refractivity contribution is 9.09. The number of carbonyl (C=O) groups excluding carboxylic acids is 1. The van der Waals surface area contributed by atoms with E-state index in [9.17, 15) is 9.59 Å². The number of hydrogen-bond donors (Lipinski definition) is 1. The zero-order chi connectivity index (χ0) is 10.3. The SMILES string of the molecule is CCCCC(CC(=O)CBr)C(=O)O. The Morgan fingerprint density at radius 2 is 2.08 bits per heavy atom. The van der Waals surface area contributed by atoms with Gasteiger partial charge in [0.2, 0.25) is 0 Å². The van der Waals surface area contributed by atoms with Gasteiger partial charge in [0.15, 0.2) is 0 Å². The molecule has 0 saturated heterocycles. The third-order valence-corrected chi connectivity index (χ3v) is 2.50. The smallest absolute Gasteiger partial charge is 0.306 e. The van der Waals surface area contributed by atoms with Crippen LogP contribution in [-0.2, 0) is 9.59 Å². The van der Waals surface area contributed by atoms with E-state index in [1.165, 1.54) is 0 Å². The summed E-state index contributed by atoms with van der Waals surface area (Å²) < 4.78 is 0. The Kier molecular flexibility index (Phi) is 6.86. The van der Waals surface area contributed by atoms with Crippen molar-refractivity contribution in [2.75, 3.05) is 5.33 Å². The summed E-state index contributed by atoms with van der Waals surface area (Å²) in [6, 6.07) is 0. The molecule has 76 valence electrons. The molecule has 0 aromatic carbocycles. The van der Waals surface area contributed by atoms with Gasteiger partial charge >= 0.3 is 5.97 Å². The number of carbonyl (C=O) groups is 2. The number of rotatable bonds is 7. The van der Waals surface area contributed by atoms with Crippen molar-refractivity contribution in [2.24, 2.45) is 5.92 Å². The summed E-state index contributed by atoms with van der Waals surface area (Å²) in [5, 5.41) is 9.03. The molecule has 0 rings (SSSR count). The molecule has 0 radical (unpaired) electrons. The van der Waals surface area contributed by atoms with Gasteiger partial charge < -0.3 is 5.11 Å². The first-order valence-corrected chi connectivity index (χ1v) is 5.54. The van der Waals surface area contributed by atoms with E-state index >= 15 is 0 Å². The number of carboxylic acids is 1. The van der Waals surface area contributed by atoms with Gasteiger partial charge in [-0.25, -0.2) is 0 Å². The first-order chi connectivity index (χ1) is 6.11. The van der Waals surface area contributed by atoms with Crippen LogP contribution in [0, 0.1) is 5.92 Å². The lowest BCUT2D eigenvalue weighted by Gasteiger charge is -2.09. The second-order valence-electron chi connectivity index (χ2n) is 3.05. The third-order valence-electron chi connectivity index (χ3n) is 1.88. The molecule has 0 amide bonds. The van der Waals surface area contributed by atoms with Crippen molar-refractivity contribution in [2.45, 2.75) is 32.6 Å². The van der Waals surface area contributed by atoms with Crippen LogP contribution in [0.5, 0.6) is 0 Å². The van der Waals surface area contributed by atoms with Crippen molar-refractivity contribution in [3.63, 3.8) is 0 Å². The first-order valence-electron chi connectivity index (χ1n) is 4.42. The van der Waals surface area contributed by atoms with Crippen molar-refractivity contribution in [1.82, 2.24) is 0 Å². The van der Waals surface area contributed by atoms with Gasteiger partial charge in [-0.15, -0.1) is 0 Å². The molecule has 0 fully saturated rings. The van der Waals surface area contributed by atoms with Gasteiger partial charge in [-0.1, -0.05) is 35.7 Å². The summed E-state index contributed by atoms with van der Waals surface area (Å²) in [5.74, 6) is -1.39. The monoisotopic (exact) mass is 250 g/mol. The summed E-state index contributed by atoms with van der Waals surface area (Å²) in [6.07, 6.45) is 2.59. The molecule has 0 bridgehead atoms. The van der Waals surface area contributed by atoms with Crippen LogP contribution < -0.4 is 0 Å². The Hall–Kier alpha value is -0.380. The summed E-state index contributed by atoms with van der Waals surface area (Å²) in [5.41, 5.74) is 0. The summed E-state index contributed by atoms with van der Waals surface area (Å²) in [4.78, 5) is 21.7. The fraction of sp³-hybridized carbons (Fsp3) is 0.778. The Morgan fingerprint density at radius 3 is 2.46 bits per heavy atom. The molecule has 0 aliphatic rings. The van der Waals surface area contributed by atoms with Crippen molar-refractivity contribution >= 4 is 27.7 Å². The lowest BCUT2D eigenvalue weighted by Crippen LogP contribution is -2.18. The van der Waals surface area contributed by atoms with Crippen LogP contribution in [0.4, 0.5) is 0 Å². The lowest BCUT2D eigenvalue weighted by molar-refractivity contribution is -0.143. The second kappa shape index (κ2) is 7.06. The highest BCUT2D eigenvalue weighted by Gasteiger charge is 2.19. The Morgan fingerprint density at radius 1 is 1.46 bits per heavy atom. The molecular formula is C9H15BrO3. The van der Waals surface area contributed by atoms with Crippen LogP contribution in [0.15, 0.2) is 0 Å². The Bertz CT molecular complexity index is 180. The maximum absolute atomic E-state index is 11.0. The van der Waals surface area contributed by atoms with Crippen LogP contribution in [0.3, 0.4) is 0 Å². The van der Waals surface area contributed by atoms with Crippen LogP contribution in [-0.4, -0.2) is 22.2 Å². The molecule has 4 heteroatoms. The molecule has 1 atom stereocenters. The van der Waals surface area contributed by atoms with Gasteiger partial charge in [-0.2, -0.15) is 0 Å². The fourth-order valence-corrected chi connectivity index (χ4v) is 1.32. The van der Waals surface area contributed by atoms with Crippen molar-refractivity contribution < 1.29 is 14.7 Å². The Balaban J connectivity index is 3.94. The minimum atomic E-state index is -0.859. The van der Waals surface area contributed by atoms with Crippen molar-refractivity contribution in [3.05, 3.63) is 0 Å². The van der Waals surface area contributed by atoms with Gasteiger partial charge in [-0.05, 0) is 6.42 Å². The molecule has 0 aromatic rings. The lowest BCUT2D eigenvalue weighted by atomic mass is 9.97. The molecule has 0 heterocycles.